The van der Waals surface area contributed by atoms with Crippen molar-refractivity contribution >= 4 is 23.8 Å². The first-order chi connectivity index (χ1) is 21.4. The van der Waals surface area contributed by atoms with Crippen LogP contribution in [0.4, 0.5) is 4.39 Å². The highest BCUT2D eigenvalue weighted by atomic mass is 19.1. The highest BCUT2D eigenvalue weighted by Gasteiger charge is 2.34. The van der Waals surface area contributed by atoms with Crippen LogP contribution in [0.2, 0.25) is 0 Å². The summed E-state index contributed by atoms with van der Waals surface area (Å²) in [6, 6.07) is 3.63. The maximum Gasteiger partial charge on any atom is 0.306 e. The predicted octanol–water partition coefficient (Wildman–Crippen LogP) is 3.91. The van der Waals surface area contributed by atoms with E-state index in [2.05, 4.69) is 0 Å². The normalized spacial score (nSPS) is 14.8. The highest BCUT2D eigenvalue weighted by Crippen LogP contribution is 2.43. The molecule has 4 rings (SSSR count). The zero-order valence-corrected chi connectivity index (χ0v) is 26.1. The fraction of sp³-hybridized carbons (Fsp3) is 0.500. The van der Waals surface area contributed by atoms with E-state index in [1.807, 2.05) is 12.1 Å². The van der Waals surface area contributed by atoms with Crippen LogP contribution in [-0.4, -0.2) is 71.2 Å². The average molecular weight is 631 g/mol. The number of amides is 2. The average Bonchev–Trinajstić information content (AvgIpc) is 3.64. The van der Waals surface area contributed by atoms with Gasteiger partial charge in [0.15, 0.2) is 28.8 Å². The largest absolute Gasteiger partial charge is 0.493 e. The van der Waals surface area contributed by atoms with Gasteiger partial charge in [0.05, 0.1) is 39.3 Å². The van der Waals surface area contributed by atoms with E-state index in [1.54, 1.807) is 11.8 Å². The van der Waals surface area contributed by atoms with E-state index in [9.17, 15) is 19.2 Å². The van der Waals surface area contributed by atoms with Gasteiger partial charge in [-0.2, -0.15) is 0 Å². The van der Waals surface area contributed by atoms with Gasteiger partial charge in [-0.25, -0.2) is 4.39 Å². The van der Waals surface area contributed by atoms with E-state index in [0.29, 0.717) is 47.7 Å². The minimum atomic E-state index is -1.07. The predicted molar refractivity (Wildman–Crippen MR) is 158 cm³/mol. The molecule has 0 bridgehead atoms. The first-order valence-electron chi connectivity index (χ1n) is 14.7. The standard InChI is InChI=1S/C32H39FN2O10/c1-17(31(38)39)9-26(36)34-13-20-11-24(42-4)25(12-21(20)14-34)44-7-6-8-45-29-19(3)22-15-35(27(37)10-18(2)32(40)41)16-23(22)28(33)30(29)43-5/h11-12,17-18H,6-10,13-16H2,1-5H3,(H,38,39)(H,40,41)/t17-,18-/m0/s1. The topological polar surface area (TPSA) is 152 Å². The number of benzene rings is 2. The number of halogens is 1. The Bertz CT molecular complexity index is 1490. The first-order valence-corrected chi connectivity index (χ1v) is 14.7. The Morgan fingerprint density at radius 3 is 1.82 bits per heavy atom. The van der Waals surface area contributed by atoms with Gasteiger partial charge in [-0.05, 0) is 35.7 Å². The number of hydrogen-bond acceptors (Lipinski definition) is 8. The monoisotopic (exact) mass is 630 g/mol. The maximum atomic E-state index is 15.5. The van der Waals surface area contributed by atoms with E-state index >= 15 is 4.39 Å². The van der Waals surface area contributed by atoms with Crippen LogP contribution in [-0.2, 0) is 45.4 Å². The van der Waals surface area contributed by atoms with E-state index < -0.39 is 29.6 Å². The van der Waals surface area contributed by atoms with E-state index in [-0.39, 0.29) is 62.5 Å². The molecule has 0 unspecified atom stereocenters. The van der Waals surface area contributed by atoms with Crippen molar-refractivity contribution in [3.63, 3.8) is 0 Å². The SMILES string of the molecule is COc1cc2c(cc1OCCCOc1c(C)c3c(c(F)c1OC)CN(C(=O)C[C@H](C)C(=O)O)C3)CN(C(=O)C[C@H](C)C(=O)O)C2. The van der Waals surface area contributed by atoms with Crippen molar-refractivity contribution in [2.24, 2.45) is 11.8 Å². The second kappa shape index (κ2) is 14.0. The Kier molecular flexibility index (Phi) is 10.4. The number of aliphatic carboxylic acids is 2. The number of rotatable bonds is 14. The van der Waals surface area contributed by atoms with Crippen molar-refractivity contribution in [1.29, 1.82) is 0 Å². The molecule has 13 heteroatoms. The van der Waals surface area contributed by atoms with Crippen molar-refractivity contribution < 1.29 is 52.7 Å². The third-order valence-corrected chi connectivity index (χ3v) is 8.24. The number of ether oxygens (including phenoxy) is 4. The van der Waals surface area contributed by atoms with Gasteiger partial charge in [0.1, 0.15) is 0 Å². The molecule has 244 valence electrons. The summed E-state index contributed by atoms with van der Waals surface area (Å²) in [6.45, 7) is 6.01. The Hall–Kier alpha value is -4.55. The summed E-state index contributed by atoms with van der Waals surface area (Å²) in [5.41, 5.74) is 3.37. The van der Waals surface area contributed by atoms with Gasteiger partial charge >= 0.3 is 11.9 Å². The lowest BCUT2D eigenvalue weighted by molar-refractivity contribution is -0.145. The summed E-state index contributed by atoms with van der Waals surface area (Å²) in [4.78, 5) is 50.7. The molecule has 0 radical (unpaired) electrons. The number of methoxy groups -OCH3 is 2. The van der Waals surface area contributed by atoms with Crippen LogP contribution in [0, 0.1) is 24.6 Å². The van der Waals surface area contributed by atoms with Gasteiger partial charge in [-0.15, -0.1) is 0 Å². The van der Waals surface area contributed by atoms with Crippen LogP contribution in [0.1, 0.15) is 60.9 Å². The number of hydrogen-bond donors (Lipinski definition) is 2. The summed E-state index contributed by atoms with van der Waals surface area (Å²) >= 11 is 0. The molecule has 2 N–H and O–H groups in total. The van der Waals surface area contributed by atoms with Gasteiger partial charge < -0.3 is 39.0 Å². The molecular weight excluding hydrogens is 591 g/mol. The number of carboxylic acid groups (broad SMARTS) is 2. The van der Waals surface area contributed by atoms with Crippen LogP contribution in [0.5, 0.6) is 23.0 Å². The number of nitrogens with zero attached hydrogens (tertiary/aromatic N) is 2. The van der Waals surface area contributed by atoms with Gasteiger partial charge in [-0.1, -0.05) is 13.8 Å². The molecule has 0 aliphatic carbocycles. The molecule has 2 aromatic carbocycles. The Balaban J connectivity index is 1.36. The Morgan fingerprint density at radius 2 is 1.29 bits per heavy atom. The Labute approximate surface area is 260 Å². The molecule has 2 aliphatic heterocycles. The molecule has 0 saturated carbocycles. The summed E-state index contributed by atoms with van der Waals surface area (Å²) in [5.74, 6) is -3.75. The molecule has 0 fully saturated rings. The number of carboxylic acids is 2. The van der Waals surface area contributed by atoms with Crippen molar-refractivity contribution in [3.8, 4) is 23.0 Å². The van der Waals surface area contributed by atoms with Gasteiger partial charge in [0.2, 0.25) is 11.8 Å². The molecule has 2 amide bonds. The van der Waals surface area contributed by atoms with Gasteiger partial charge in [-0.3, -0.25) is 19.2 Å². The van der Waals surface area contributed by atoms with Crippen LogP contribution < -0.4 is 18.9 Å². The maximum absolute atomic E-state index is 15.5. The van der Waals surface area contributed by atoms with E-state index in [4.69, 9.17) is 29.2 Å². The number of carbonyl (C=O) groups excluding carboxylic acids is 2. The van der Waals surface area contributed by atoms with Crippen LogP contribution in [0.25, 0.3) is 0 Å². The molecule has 45 heavy (non-hydrogen) atoms. The summed E-state index contributed by atoms with van der Waals surface area (Å²) in [6.07, 6.45) is 0.170. The smallest absolute Gasteiger partial charge is 0.306 e. The second-order valence-electron chi connectivity index (χ2n) is 11.5. The zero-order chi connectivity index (χ0) is 33.0. The molecule has 12 nitrogen and oxygen atoms in total. The van der Waals surface area contributed by atoms with Crippen molar-refractivity contribution in [1.82, 2.24) is 9.80 Å². The summed E-state index contributed by atoms with van der Waals surface area (Å²) in [7, 11) is 2.86. The molecule has 0 aromatic heterocycles. The van der Waals surface area contributed by atoms with E-state index in [0.717, 1.165) is 11.1 Å². The summed E-state index contributed by atoms with van der Waals surface area (Å²) < 4.78 is 38.3. The molecular formula is C32H39FN2O10. The molecule has 2 aliphatic rings. The minimum absolute atomic E-state index is 0.0215. The fourth-order valence-corrected chi connectivity index (χ4v) is 5.48. The van der Waals surface area contributed by atoms with Gasteiger partial charge in [0, 0.05) is 56.6 Å². The number of carbonyl (C=O) groups is 4. The van der Waals surface area contributed by atoms with Crippen LogP contribution in [0.3, 0.4) is 0 Å². The third kappa shape index (κ3) is 7.23. The zero-order valence-electron chi connectivity index (χ0n) is 26.1. The molecule has 2 aromatic rings. The Morgan fingerprint density at radius 1 is 0.778 bits per heavy atom. The first kappa shape index (κ1) is 33.3. The van der Waals surface area contributed by atoms with Crippen molar-refractivity contribution in [2.75, 3.05) is 27.4 Å². The second-order valence-corrected chi connectivity index (χ2v) is 11.5. The quantitative estimate of drug-likeness (QED) is 0.294. The van der Waals surface area contributed by atoms with Crippen LogP contribution >= 0.6 is 0 Å². The minimum Gasteiger partial charge on any atom is -0.493 e. The lowest BCUT2D eigenvalue weighted by Crippen LogP contribution is -2.28. The highest BCUT2D eigenvalue weighted by molar-refractivity contribution is 5.83. The lowest BCUT2D eigenvalue weighted by atomic mass is 10.0. The van der Waals surface area contributed by atoms with E-state index in [1.165, 1.54) is 33.0 Å². The van der Waals surface area contributed by atoms with Crippen molar-refractivity contribution in [3.05, 3.63) is 45.8 Å². The van der Waals surface area contributed by atoms with Crippen molar-refractivity contribution in [2.45, 2.75) is 66.2 Å². The molecule has 2 heterocycles. The fourth-order valence-electron chi connectivity index (χ4n) is 5.48. The lowest BCUT2D eigenvalue weighted by Gasteiger charge is -2.18. The molecule has 0 spiro atoms. The number of fused-ring (bicyclic) bond motifs is 2. The van der Waals surface area contributed by atoms with Gasteiger partial charge in [0.25, 0.3) is 0 Å². The molecule has 2 atom stereocenters. The molecule has 0 saturated heterocycles. The third-order valence-electron chi connectivity index (χ3n) is 8.24. The van der Waals surface area contributed by atoms with Crippen LogP contribution in [0.15, 0.2) is 12.1 Å². The summed E-state index contributed by atoms with van der Waals surface area (Å²) in [5, 5.41) is 18.3.